The van der Waals surface area contributed by atoms with Crippen molar-refractivity contribution in [3.63, 3.8) is 0 Å². The molecule has 0 saturated heterocycles. The molecule has 118 valence electrons. The molecule has 0 fully saturated rings. The highest BCUT2D eigenvalue weighted by Gasteiger charge is 2.23. The Morgan fingerprint density at radius 2 is 1.11 bits per heavy atom. The third kappa shape index (κ3) is 31.9. The molecule has 19 heavy (non-hydrogen) atoms. The summed E-state index contributed by atoms with van der Waals surface area (Å²) in [4.78, 5) is 0. The Labute approximate surface area is 125 Å². The van der Waals surface area contributed by atoms with Gasteiger partial charge < -0.3 is 0 Å². The van der Waals surface area contributed by atoms with Gasteiger partial charge in [0.25, 0.3) is 0 Å². The van der Waals surface area contributed by atoms with Crippen LogP contribution in [0.2, 0.25) is 0 Å². The van der Waals surface area contributed by atoms with E-state index in [2.05, 4.69) is 81.4 Å². The molecular formula is C19H42. The lowest BCUT2D eigenvalue weighted by atomic mass is 9.74. The Balaban J connectivity index is -0.000000366. The second-order valence-corrected chi connectivity index (χ2v) is 8.99. The fraction of sp³-hybridized carbons (Fsp3) is 0.895. The van der Waals surface area contributed by atoms with Crippen molar-refractivity contribution in [3.8, 4) is 0 Å². The molecule has 0 heteroatoms. The van der Waals surface area contributed by atoms with Gasteiger partial charge in [0.15, 0.2) is 0 Å². The first-order valence-corrected chi connectivity index (χ1v) is 7.42. The maximum atomic E-state index is 2.36. The van der Waals surface area contributed by atoms with E-state index in [0.717, 1.165) is 6.42 Å². The van der Waals surface area contributed by atoms with Gasteiger partial charge in [0.2, 0.25) is 0 Å². The van der Waals surface area contributed by atoms with E-state index in [1.54, 1.807) is 0 Å². The number of rotatable bonds is 4. The zero-order chi connectivity index (χ0) is 15.0. The quantitative estimate of drug-likeness (QED) is 0.464. The molecule has 0 aliphatic carbocycles. The lowest BCUT2D eigenvalue weighted by molar-refractivity contribution is 0.215. The van der Waals surface area contributed by atoms with Gasteiger partial charge in [-0.15, -0.1) is 0 Å². The minimum absolute atomic E-state index is 0. The second kappa shape index (κ2) is 9.61. The summed E-state index contributed by atoms with van der Waals surface area (Å²) in [6, 6.07) is 0. The first-order valence-electron chi connectivity index (χ1n) is 7.42. The standard InChI is InChI=1S/C13H26.C5H12.CH4/c1-7-8-9-10-13(5,6)11-12(2,3)4;1-5(2,3)4;/h8-9H,7,10-11H2,1-6H3;1-4H3;1H4. The third-order valence-corrected chi connectivity index (χ3v) is 2.08. The van der Waals surface area contributed by atoms with Crippen molar-refractivity contribution < 1.29 is 0 Å². The fourth-order valence-corrected chi connectivity index (χ4v) is 2.08. The van der Waals surface area contributed by atoms with E-state index in [1.165, 1.54) is 12.8 Å². The molecule has 0 spiro atoms. The third-order valence-electron chi connectivity index (χ3n) is 2.08. The van der Waals surface area contributed by atoms with Crippen LogP contribution < -0.4 is 0 Å². The van der Waals surface area contributed by atoms with Gasteiger partial charge in [0.1, 0.15) is 0 Å². The molecule has 0 bridgehead atoms. The highest BCUT2D eigenvalue weighted by atomic mass is 14.3. The maximum absolute atomic E-state index is 2.36. The molecule has 0 rings (SSSR count). The van der Waals surface area contributed by atoms with E-state index in [4.69, 9.17) is 0 Å². The Kier molecular flexibility index (Phi) is 12.0. The summed E-state index contributed by atoms with van der Waals surface area (Å²) < 4.78 is 0. The van der Waals surface area contributed by atoms with Gasteiger partial charge in [-0.2, -0.15) is 0 Å². The van der Waals surface area contributed by atoms with Crippen molar-refractivity contribution in [2.24, 2.45) is 16.2 Å². The summed E-state index contributed by atoms with van der Waals surface area (Å²) >= 11 is 0. The molecule has 0 atom stereocenters. The van der Waals surface area contributed by atoms with E-state index in [-0.39, 0.29) is 7.43 Å². The van der Waals surface area contributed by atoms with Crippen LogP contribution in [0.4, 0.5) is 0 Å². The summed E-state index contributed by atoms with van der Waals surface area (Å²) in [6.45, 7) is 22.6. The van der Waals surface area contributed by atoms with Gasteiger partial charge in [-0.25, -0.2) is 0 Å². The fourth-order valence-electron chi connectivity index (χ4n) is 2.08. The topological polar surface area (TPSA) is 0 Å². The van der Waals surface area contributed by atoms with Crippen LogP contribution in [-0.4, -0.2) is 0 Å². The van der Waals surface area contributed by atoms with Crippen LogP contribution in [0.1, 0.15) is 95.9 Å². The monoisotopic (exact) mass is 270 g/mol. The Morgan fingerprint density at radius 1 is 0.737 bits per heavy atom. The number of allylic oxidation sites excluding steroid dienone is 2. The number of hydrogen-bond donors (Lipinski definition) is 0. The largest absolute Gasteiger partial charge is 0.0888 e. The number of hydrogen-bond acceptors (Lipinski definition) is 0. The van der Waals surface area contributed by atoms with Crippen molar-refractivity contribution in [3.05, 3.63) is 12.2 Å². The molecule has 0 aromatic carbocycles. The predicted octanol–water partition coefficient (Wildman–Crippen LogP) is 7.49. The summed E-state index contributed by atoms with van der Waals surface area (Å²) in [5.41, 5.74) is 1.40. The molecule has 0 unspecified atom stereocenters. The smallest absolute Gasteiger partial charge is 0.0299 e. The molecule has 0 aliphatic rings. The molecule has 0 saturated carbocycles. The van der Waals surface area contributed by atoms with E-state index < -0.39 is 0 Å². The molecule has 0 heterocycles. The molecule has 0 aromatic heterocycles. The molecule has 0 N–H and O–H groups in total. The minimum atomic E-state index is 0. The molecule has 0 amide bonds. The van der Waals surface area contributed by atoms with Crippen molar-refractivity contribution in [1.82, 2.24) is 0 Å². The summed E-state index contributed by atoms with van der Waals surface area (Å²) in [5.74, 6) is 0. The van der Waals surface area contributed by atoms with Crippen molar-refractivity contribution in [1.29, 1.82) is 0 Å². The summed E-state index contributed by atoms with van der Waals surface area (Å²) in [5, 5.41) is 0. The second-order valence-electron chi connectivity index (χ2n) is 8.99. The summed E-state index contributed by atoms with van der Waals surface area (Å²) in [7, 11) is 0. The predicted molar refractivity (Wildman–Crippen MR) is 93.8 cm³/mol. The van der Waals surface area contributed by atoms with E-state index in [1.807, 2.05) is 0 Å². The minimum Gasteiger partial charge on any atom is -0.0888 e. The van der Waals surface area contributed by atoms with Crippen molar-refractivity contribution in [2.45, 2.75) is 95.9 Å². The molecular weight excluding hydrogens is 228 g/mol. The molecule has 0 nitrogen and oxygen atoms in total. The SMILES string of the molecule is C.CC(C)(C)C.CCC=CCC(C)(C)CC(C)(C)C. The molecule has 0 radical (unpaired) electrons. The molecule has 0 aliphatic heterocycles. The van der Waals surface area contributed by atoms with Crippen LogP contribution in [-0.2, 0) is 0 Å². The average Bonchev–Trinajstić information content (AvgIpc) is 1.95. The van der Waals surface area contributed by atoms with E-state index in [9.17, 15) is 0 Å². The first kappa shape index (κ1) is 23.8. The van der Waals surface area contributed by atoms with Gasteiger partial charge >= 0.3 is 0 Å². The van der Waals surface area contributed by atoms with Crippen molar-refractivity contribution in [2.75, 3.05) is 0 Å². The average molecular weight is 271 g/mol. The highest BCUT2D eigenvalue weighted by Crippen LogP contribution is 2.35. The molecule has 0 aromatic rings. The zero-order valence-electron chi connectivity index (χ0n) is 14.8. The van der Waals surface area contributed by atoms with Gasteiger partial charge in [-0.05, 0) is 35.5 Å². The van der Waals surface area contributed by atoms with E-state index in [0.29, 0.717) is 16.2 Å². The van der Waals surface area contributed by atoms with Crippen LogP contribution in [0, 0.1) is 16.2 Å². The van der Waals surface area contributed by atoms with Crippen LogP contribution in [0.5, 0.6) is 0 Å². The lowest BCUT2D eigenvalue weighted by Gasteiger charge is -2.31. The van der Waals surface area contributed by atoms with E-state index >= 15 is 0 Å². The van der Waals surface area contributed by atoms with Crippen LogP contribution in [0.3, 0.4) is 0 Å². The van der Waals surface area contributed by atoms with Gasteiger partial charge in [0, 0.05) is 0 Å². The van der Waals surface area contributed by atoms with Gasteiger partial charge in [-0.1, -0.05) is 88.8 Å². The van der Waals surface area contributed by atoms with Crippen molar-refractivity contribution >= 4 is 0 Å². The van der Waals surface area contributed by atoms with Crippen LogP contribution >= 0.6 is 0 Å². The lowest BCUT2D eigenvalue weighted by Crippen LogP contribution is -2.19. The van der Waals surface area contributed by atoms with Gasteiger partial charge in [-0.3, -0.25) is 0 Å². The highest BCUT2D eigenvalue weighted by molar-refractivity contribution is 4.88. The maximum Gasteiger partial charge on any atom is -0.0299 e. The van der Waals surface area contributed by atoms with Gasteiger partial charge in [0.05, 0.1) is 0 Å². The Morgan fingerprint density at radius 3 is 1.37 bits per heavy atom. The zero-order valence-corrected chi connectivity index (χ0v) is 14.8. The van der Waals surface area contributed by atoms with Crippen LogP contribution in [0.25, 0.3) is 0 Å². The Bertz CT molecular complexity index is 211. The first-order chi connectivity index (χ1) is 7.77. The Hall–Kier alpha value is -0.260. The van der Waals surface area contributed by atoms with Crippen LogP contribution in [0.15, 0.2) is 12.2 Å². The summed E-state index contributed by atoms with van der Waals surface area (Å²) in [6.07, 6.45) is 8.24. The normalized spacial score (nSPS) is 12.7.